The number of aliphatic hydroxyl groups is 1. The first kappa shape index (κ1) is 33.0. The number of nitrogens with zero attached hydrogens (tertiary/aromatic N) is 3. The second-order valence-electron chi connectivity index (χ2n) is 12.8. The Kier molecular flexibility index (Phi) is 10.3. The monoisotopic (exact) mass is 658 g/mol. The van der Waals surface area contributed by atoms with Crippen LogP contribution in [0.2, 0.25) is 0 Å². The van der Waals surface area contributed by atoms with Crippen LogP contribution in [0.4, 0.5) is 0 Å². The van der Waals surface area contributed by atoms with Crippen molar-refractivity contribution < 1.29 is 24.1 Å². The third-order valence-corrected chi connectivity index (χ3v) is 9.49. The molecule has 1 amide bonds. The van der Waals surface area contributed by atoms with E-state index in [0.29, 0.717) is 23.8 Å². The van der Waals surface area contributed by atoms with E-state index >= 15 is 0 Å². The van der Waals surface area contributed by atoms with Gasteiger partial charge in [0.1, 0.15) is 5.69 Å². The van der Waals surface area contributed by atoms with Gasteiger partial charge in [-0.05, 0) is 65.4 Å². The van der Waals surface area contributed by atoms with Crippen LogP contribution < -0.4 is 5.32 Å². The van der Waals surface area contributed by atoms with Crippen LogP contribution in [0.3, 0.4) is 0 Å². The Balaban J connectivity index is 1.04. The van der Waals surface area contributed by atoms with E-state index in [9.17, 15) is 9.90 Å². The number of aliphatic hydroxyl groups excluding tert-OH is 1. The van der Waals surface area contributed by atoms with Crippen LogP contribution in [0.15, 0.2) is 103 Å². The van der Waals surface area contributed by atoms with E-state index in [4.69, 9.17) is 14.2 Å². The van der Waals surface area contributed by atoms with Crippen molar-refractivity contribution in [2.45, 2.75) is 57.0 Å². The summed E-state index contributed by atoms with van der Waals surface area (Å²) in [5, 5.41) is 12.5. The van der Waals surface area contributed by atoms with Crippen LogP contribution in [0.1, 0.15) is 64.4 Å². The molecule has 9 heteroatoms. The number of para-hydroxylation sites is 2. The molecule has 3 heterocycles. The molecule has 252 valence electrons. The molecule has 9 nitrogen and oxygen atoms in total. The predicted molar refractivity (Wildman–Crippen MR) is 187 cm³/mol. The van der Waals surface area contributed by atoms with E-state index < -0.39 is 6.29 Å². The molecule has 0 radical (unpaired) electrons. The van der Waals surface area contributed by atoms with Crippen molar-refractivity contribution >= 4 is 16.9 Å². The molecule has 0 spiro atoms. The minimum atomic E-state index is -0.515. The number of carbonyl (C=O) groups excluding carboxylic acids is 1. The summed E-state index contributed by atoms with van der Waals surface area (Å²) in [6.07, 6.45) is 3.91. The number of benzene rings is 4. The van der Waals surface area contributed by atoms with Gasteiger partial charge < -0.3 is 24.6 Å². The molecule has 2 aliphatic rings. The van der Waals surface area contributed by atoms with E-state index in [2.05, 4.69) is 56.6 Å². The number of likely N-dealkylation sites (tertiary alicyclic amines) is 1. The second-order valence-corrected chi connectivity index (χ2v) is 12.8. The highest BCUT2D eigenvalue weighted by molar-refractivity contribution is 5.93. The molecule has 2 aliphatic heterocycles. The third kappa shape index (κ3) is 7.88. The minimum absolute atomic E-state index is 0.00844. The molecular formula is C40H42N4O5. The van der Waals surface area contributed by atoms with E-state index in [-0.39, 0.29) is 24.7 Å². The first-order valence-corrected chi connectivity index (χ1v) is 17.0. The quantitative estimate of drug-likeness (QED) is 0.169. The molecule has 7 rings (SSSR count). The van der Waals surface area contributed by atoms with Gasteiger partial charge in [0, 0.05) is 38.2 Å². The molecule has 0 unspecified atom stereocenters. The third-order valence-electron chi connectivity index (χ3n) is 9.49. The lowest BCUT2D eigenvalue weighted by atomic mass is 9.98. The molecular weight excluding hydrogens is 616 g/mol. The number of carbonyl (C=O) groups is 1. The number of hydrogen-bond acceptors (Lipinski definition) is 8. The normalized spacial score (nSPS) is 21.2. The lowest BCUT2D eigenvalue weighted by molar-refractivity contribution is -0.253. The van der Waals surface area contributed by atoms with Crippen molar-refractivity contribution in [3.8, 4) is 11.1 Å². The van der Waals surface area contributed by atoms with Gasteiger partial charge in [0.25, 0.3) is 5.91 Å². The van der Waals surface area contributed by atoms with Crippen molar-refractivity contribution in [3.63, 3.8) is 0 Å². The Hall–Kier alpha value is -4.51. The minimum Gasteiger partial charge on any atom is -0.392 e. The molecule has 49 heavy (non-hydrogen) atoms. The van der Waals surface area contributed by atoms with Gasteiger partial charge in [-0.2, -0.15) is 0 Å². The van der Waals surface area contributed by atoms with Crippen LogP contribution in [0.5, 0.6) is 0 Å². The summed E-state index contributed by atoms with van der Waals surface area (Å²) in [5.41, 5.74) is 7.74. The second kappa shape index (κ2) is 15.4. The first-order valence-electron chi connectivity index (χ1n) is 17.0. The molecule has 2 saturated heterocycles. The number of fused-ring (bicyclic) bond motifs is 1. The topological polar surface area (TPSA) is 106 Å². The maximum atomic E-state index is 12.9. The average molecular weight is 659 g/mol. The van der Waals surface area contributed by atoms with Crippen molar-refractivity contribution in [2.24, 2.45) is 0 Å². The summed E-state index contributed by atoms with van der Waals surface area (Å²) in [5.74, 6) is -0.264. The van der Waals surface area contributed by atoms with E-state index in [0.717, 1.165) is 71.4 Å². The Labute approximate surface area is 286 Å². The highest BCUT2D eigenvalue weighted by Gasteiger charge is 2.35. The van der Waals surface area contributed by atoms with E-state index in [1.807, 2.05) is 60.7 Å². The zero-order valence-electron chi connectivity index (χ0n) is 27.7. The number of rotatable bonds is 11. The Bertz CT molecular complexity index is 1870. The van der Waals surface area contributed by atoms with Gasteiger partial charge >= 0.3 is 0 Å². The van der Waals surface area contributed by atoms with Gasteiger partial charge in [-0.15, -0.1) is 0 Å². The predicted octanol–water partition coefficient (Wildman–Crippen LogP) is 6.38. The molecule has 4 atom stereocenters. The maximum Gasteiger partial charge on any atom is 0.271 e. The van der Waals surface area contributed by atoms with Crippen LogP contribution in [-0.2, 0) is 27.4 Å². The molecule has 4 aromatic carbocycles. The summed E-state index contributed by atoms with van der Waals surface area (Å²) in [7, 11) is 1.77. The number of nitrogens with one attached hydrogen (secondary N) is 1. The van der Waals surface area contributed by atoms with Crippen LogP contribution >= 0.6 is 0 Å². The van der Waals surface area contributed by atoms with E-state index in [1.165, 1.54) is 12.6 Å². The average Bonchev–Trinajstić information content (AvgIpc) is 3.59. The standard InChI is InChI=1S/C40H42N4O5/c1-47-26-33-8-5-19-44(33)24-34-21-38(30-13-11-27(25-45)12-14-30)49-40(48-34)31-17-15-29(16-18-31)32-7-4-6-28(20-32)22-42-39(46)37-23-41-35-9-2-3-10-36(35)43-37/h2-4,6-7,9-18,20,23,33-34,38,40,45H,5,8,19,21-22,24-26H2,1H3,(H,42,46)/t33-,34+,38-,40-/m0/s1. The highest BCUT2D eigenvalue weighted by Crippen LogP contribution is 2.39. The summed E-state index contributed by atoms with van der Waals surface area (Å²) in [6.45, 7) is 2.98. The van der Waals surface area contributed by atoms with E-state index in [1.54, 1.807) is 7.11 Å². The van der Waals surface area contributed by atoms with Crippen LogP contribution in [-0.4, -0.2) is 64.8 Å². The zero-order chi connectivity index (χ0) is 33.6. The molecule has 0 aliphatic carbocycles. The molecule has 0 saturated carbocycles. The fourth-order valence-corrected chi connectivity index (χ4v) is 6.84. The zero-order valence-corrected chi connectivity index (χ0v) is 27.7. The summed E-state index contributed by atoms with van der Waals surface area (Å²) < 4.78 is 18.8. The molecule has 2 N–H and O–H groups in total. The number of ether oxygens (including phenoxy) is 3. The number of aromatic nitrogens is 2. The van der Waals surface area contributed by atoms with Gasteiger partial charge in [0.2, 0.25) is 0 Å². The molecule has 5 aromatic rings. The Morgan fingerprint density at radius 1 is 0.918 bits per heavy atom. The van der Waals surface area contributed by atoms with Gasteiger partial charge in [-0.3, -0.25) is 14.7 Å². The largest absolute Gasteiger partial charge is 0.392 e. The molecule has 2 fully saturated rings. The van der Waals surface area contributed by atoms with Crippen LogP contribution in [0, 0.1) is 0 Å². The van der Waals surface area contributed by atoms with Gasteiger partial charge in [-0.1, -0.05) is 78.9 Å². The number of amides is 1. The molecule has 1 aromatic heterocycles. The smallest absolute Gasteiger partial charge is 0.271 e. The number of methoxy groups -OCH3 is 1. The van der Waals surface area contributed by atoms with Crippen molar-refractivity contribution in [2.75, 3.05) is 26.8 Å². The lowest BCUT2D eigenvalue weighted by Crippen LogP contribution is -2.42. The lowest BCUT2D eigenvalue weighted by Gasteiger charge is -2.38. The highest BCUT2D eigenvalue weighted by atomic mass is 16.7. The summed E-state index contributed by atoms with van der Waals surface area (Å²) >= 11 is 0. The fourth-order valence-electron chi connectivity index (χ4n) is 6.84. The Morgan fingerprint density at radius 3 is 2.51 bits per heavy atom. The van der Waals surface area contributed by atoms with Crippen molar-refractivity contribution in [1.82, 2.24) is 20.2 Å². The maximum absolute atomic E-state index is 12.9. The van der Waals surface area contributed by atoms with Gasteiger partial charge in [-0.25, -0.2) is 4.98 Å². The molecule has 0 bridgehead atoms. The summed E-state index contributed by atoms with van der Waals surface area (Å²) in [6, 6.07) is 32.4. The fraction of sp³-hybridized carbons (Fsp3) is 0.325. The first-order chi connectivity index (χ1) is 24.1. The van der Waals surface area contributed by atoms with Crippen molar-refractivity contribution in [1.29, 1.82) is 0 Å². The SMILES string of the molecule is COC[C@@H]1CCCN1C[C@H]1C[C@@H](c2ccc(CO)cc2)O[C@@H](c2ccc(-c3cccc(CNC(=O)c4cnc5ccccc5n4)c3)cc2)O1. The summed E-state index contributed by atoms with van der Waals surface area (Å²) in [4.78, 5) is 24.2. The van der Waals surface area contributed by atoms with Gasteiger partial charge in [0.05, 0.1) is 42.7 Å². The van der Waals surface area contributed by atoms with Crippen LogP contribution in [0.25, 0.3) is 22.2 Å². The van der Waals surface area contributed by atoms with Crippen molar-refractivity contribution in [3.05, 3.63) is 131 Å². The Morgan fingerprint density at radius 2 is 1.71 bits per heavy atom. The number of hydrogen-bond donors (Lipinski definition) is 2. The van der Waals surface area contributed by atoms with Gasteiger partial charge in [0.15, 0.2) is 6.29 Å².